The van der Waals surface area contributed by atoms with Crippen molar-refractivity contribution in [1.82, 2.24) is 10.2 Å². The molecule has 0 bridgehead atoms. The smallest absolute Gasteiger partial charge is 0.317 e. The van der Waals surface area contributed by atoms with Gasteiger partial charge < -0.3 is 15.3 Å². The number of urea groups is 1. The third-order valence-electron chi connectivity index (χ3n) is 4.53. The number of hydrogen-bond acceptors (Lipinski definition) is 2. The Hall–Kier alpha value is -1.26. The minimum atomic E-state index is -0.915. The highest BCUT2D eigenvalue weighted by Gasteiger charge is 2.38. The summed E-state index contributed by atoms with van der Waals surface area (Å²) in [5.74, 6) is -0.225. The van der Waals surface area contributed by atoms with Gasteiger partial charge in [-0.05, 0) is 39.0 Å². The summed E-state index contributed by atoms with van der Waals surface area (Å²) in [7, 11) is 0. The van der Waals surface area contributed by atoms with E-state index >= 15 is 0 Å². The Morgan fingerprint density at radius 3 is 2.63 bits per heavy atom. The summed E-state index contributed by atoms with van der Waals surface area (Å²) in [4.78, 5) is 25.1. The SMILES string of the molecule is CC(C)(CNC(=O)N1CCC2CCCCC21)C(=O)O. The number of likely N-dealkylation sites (tertiary alicyclic amines) is 1. The first-order chi connectivity index (χ1) is 8.92. The zero-order valence-electron chi connectivity index (χ0n) is 11.8. The molecule has 2 unspecified atom stereocenters. The summed E-state index contributed by atoms with van der Waals surface area (Å²) >= 11 is 0. The molecule has 1 aliphatic heterocycles. The van der Waals surface area contributed by atoms with Crippen LogP contribution in [0.3, 0.4) is 0 Å². The average Bonchev–Trinajstić information content (AvgIpc) is 2.79. The molecule has 0 radical (unpaired) electrons. The largest absolute Gasteiger partial charge is 0.481 e. The molecule has 2 aliphatic rings. The molecule has 2 fully saturated rings. The predicted octanol–water partition coefficient (Wildman–Crippen LogP) is 2.07. The van der Waals surface area contributed by atoms with Crippen molar-refractivity contribution in [2.45, 2.75) is 52.0 Å². The van der Waals surface area contributed by atoms with Crippen LogP contribution >= 0.6 is 0 Å². The van der Waals surface area contributed by atoms with Crippen molar-refractivity contribution in [2.24, 2.45) is 11.3 Å². The number of nitrogens with zero attached hydrogens (tertiary/aromatic N) is 1. The number of rotatable bonds is 3. The number of carbonyl (C=O) groups is 2. The van der Waals surface area contributed by atoms with E-state index in [2.05, 4.69) is 5.32 Å². The van der Waals surface area contributed by atoms with E-state index in [9.17, 15) is 9.59 Å². The quantitative estimate of drug-likeness (QED) is 0.823. The summed E-state index contributed by atoms with van der Waals surface area (Å²) in [6.07, 6.45) is 5.91. The molecule has 1 aliphatic carbocycles. The Kier molecular flexibility index (Phi) is 4.02. The van der Waals surface area contributed by atoms with Crippen molar-refractivity contribution < 1.29 is 14.7 Å². The van der Waals surface area contributed by atoms with Gasteiger partial charge in [0, 0.05) is 19.1 Å². The highest BCUT2D eigenvalue weighted by atomic mass is 16.4. The molecule has 1 heterocycles. The number of amides is 2. The lowest BCUT2D eigenvalue weighted by molar-refractivity contribution is -0.146. The lowest BCUT2D eigenvalue weighted by Crippen LogP contribution is -2.48. The van der Waals surface area contributed by atoms with E-state index in [1.807, 2.05) is 4.90 Å². The highest BCUT2D eigenvalue weighted by Crippen LogP contribution is 2.36. The van der Waals surface area contributed by atoms with Gasteiger partial charge in [0.25, 0.3) is 0 Å². The van der Waals surface area contributed by atoms with Crippen LogP contribution in [-0.2, 0) is 4.79 Å². The molecule has 2 rings (SSSR count). The van der Waals surface area contributed by atoms with Gasteiger partial charge in [0.15, 0.2) is 0 Å². The number of hydrogen-bond donors (Lipinski definition) is 2. The van der Waals surface area contributed by atoms with Gasteiger partial charge in [-0.2, -0.15) is 0 Å². The van der Waals surface area contributed by atoms with Crippen molar-refractivity contribution in [3.63, 3.8) is 0 Å². The number of carboxylic acids is 1. The van der Waals surface area contributed by atoms with Crippen LogP contribution in [0.15, 0.2) is 0 Å². The molecular formula is C14H24N2O3. The number of carboxylic acid groups (broad SMARTS) is 1. The van der Waals surface area contributed by atoms with Crippen molar-refractivity contribution in [2.75, 3.05) is 13.1 Å². The average molecular weight is 268 g/mol. The van der Waals surface area contributed by atoms with Crippen LogP contribution in [0.4, 0.5) is 4.79 Å². The molecule has 5 nitrogen and oxygen atoms in total. The fourth-order valence-corrected chi connectivity index (χ4v) is 3.13. The maximum Gasteiger partial charge on any atom is 0.317 e. The molecule has 0 aromatic heterocycles. The summed E-state index contributed by atoms with van der Waals surface area (Å²) in [6.45, 7) is 4.25. The van der Waals surface area contributed by atoms with E-state index in [1.54, 1.807) is 13.8 Å². The Morgan fingerprint density at radius 1 is 1.26 bits per heavy atom. The summed E-state index contributed by atoms with van der Waals surface area (Å²) in [5.41, 5.74) is -0.915. The number of nitrogens with one attached hydrogen (secondary N) is 1. The monoisotopic (exact) mass is 268 g/mol. The van der Waals surface area contributed by atoms with Crippen molar-refractivity contribution in [3.05, 3.63) is 0 Å². The van der Waals surface area contributed by atoms with Gasteiger partial charge >= 0.3 is 12.0 Å². The van der Waals surface area contributed by atoms with Crippen LogP contribution in [0.25, 0.3) is 0 Å². The number of aliphatic carboxylic acids is 1. The van der Waals surface area contributed by atoms with E-state index in [4.69, 9.17) is 5.11 Å². The van der Waals surface area contributed by atoms with Crippen molar-refractivity contribution in [3.8, 4) is 0 Å². The fraction of sp³-hybridized carbons (Fsp3) is 0.857. The van der Waals surface area contributed by atoms with Gasteiger partial charge in [0.1, 0.15) is 0 Å². The predicted molar refractivity (Wildman–Crippen MR) is 71.9 cm³/mol. The minimum Gasteiger partial charge on any atom is -0.481 e. The molecule has 1 saturated carbocycles. The zero-order valence-corrected chi connectivity index (χ0v) is 11.8. The van der Waals surface area contributed by atoms with Crippen LogP contribution in [0.1, 0.15) is 46.0 Å². The van der Waals surface area contributed by atoms with E-state index in [-0.39, 0.29) is 12.6 Å². The number of fused-ring (bicyclic) bond motifs is 1. The van der Waals surface area contributed by atoms with E-state index in [0.717, 1.165) is 19.4 Å². The lowest BCUT2D eigenvalue weighted by atomic mass is 9.85. The maximum absolute atomic E-state index is 12.2. The first kappa shape index (κ1) is 14.2. The van der Waals surface area contributed by atoms with E-state index in [1.165, 1.54) is 19.3 Å². The van der Waals surface area contributed by atoms with Crippen LogP contribution in [0, 0.1) is 11.3 Å². The van der Waals surface area contributed by atoms with Crippen molar-refractivity contribution >= 4 is 12.0 Å². The molecule has 108 valence electrons. The second-order valence-corrected chi connectivity index (χ2v) is 6.44. The molecule has 5 heteroatoms. The fourth-order valence-electron chi connectivity index (χ4n) is 3.13. The molecule has 2 atom stereocenters. The molecule has 2 N–H and O–H groups in total. The molecule has 0 aromatic rings. The summed E-state index contributed by atoms with van der Waals surface area (Å²) in [6, 6.07) is 0.283. The number of carbonyl (C=O) groups excluding carboxylic acids is 1. The standard InChI is InChI=1S/C14H24N2O3/c1-14(2,12(17)18)9-15-13(19)16-8-7-10-5-3-4-6-11(10)16/h10-11H,3-9H2,1-2H3,(H,15,19)(H,17,18). The molecule has 1 saturated heterocycles. The highest BCUT2D eigenvalue weighted by molar-refractivity contribution is 5.78. The molecule has 2 amide bonds. The lowest BCUT2D eigenvalue weighted by Gasteiger charge is -2.32. The molecule has 19 heavy (non-hydrogen) atoms. The Morgan fingerprint density at radius 2 is 1.95 bits per heavy atom. The Balaban J connectivity index is 1.88. The van der Waals surface area contributed by atoms with Crippen LogP contribution in [0.2, 0.25) is 0 Å². The normalized spacial score (nSPS) is 26.9. The minimum absolute atomic E-state index is 0.0938. The topological polar surface area (TPSA) is 69.6 Å². The van der Waals surface area contributed by atoms with Gasteiger partial charge in [-0.3, -0.25) is 4.79 Å². The third kappa shape index (κ3) is 3.01. The van der Waals surface area contributed by atoms with Gasteiger partial charge in [-0.25, -0.2) is 4.79 Å². The Bertz CT molecular complexity index is 368. The second-order valence-electron chi connectivity index (χ2n) is 6.44. The first-order valence-electron chi connectivity index (χ1n) is 7.20. The first-order valence-corrected chi connectivity index (χ1v) is 7.20. The summed E-state index contributed by atoms with van der Waals surface area (Å²) < 4.78 is 0. The summed E-state index contributed by atoms with van der Waals surface area (Å²) in [5, 5.41) is 11.8. The van der Waals surface area contributed by atoms with E-state index in [0.29, 0.717) is 12.0 Å². The second kappa shape index (κ2) is 5.39. The molecule has 0 aromatic carbocycles. The van der Waals surface area contributed by atoms with Crippen LogP contribution < -0.4 is 5.32 Å². The van der Waals surface area contributed by atoms with Gasteiger partial charge in [0.2, 0.25) is 0 Å². The maximum atomic E-state index is 12.2. The van der Waals surface area contributed by atoms with Crippen molar-refractivity contribution in [1.29, 1.82) is 0 Å². The zero-order chi connectivity index (χ0) is 14.0. The Labute approximate surface area is 114 Å². The molecular weight excluding hydrogens is 244 g/mol. The molecule has 0 spiro atoms. The van der Waals surface area contributed by atoms with Crippen LogP contribution in [-0.4, -0.2) is 41.1 Å². The third-order valence-corrected chi connectivity index (χ3v) is 4.53. The van der Waals surface area contributed by atoms with Crippen LogP contribution in [0.5, 0.6) is 0 Å². The van der Waals surface area contributed by atoms with Gasteiger partial charge in [-0.1, -0.05) is 12.8 Å². The van der Waals surface area contributed by atoms with Gasteiger partial charge in [0.05, 0.1) is 5.41 Å². The van der Waals surface area contributed by atoms with E-state index < -0.39 is 11.4 Å². The van der Waals surface area contributed by atoms with Gasteiger partial charge in [-0.15, -0.1) is 0 Å².